The number of fused-ring (bicyclic) bond motifs is 1. The molecule has 172 valence electrons. The van der Waals surface area contributed by atoms with E-state index >= 15 is 0 Å². The number of para-hydroxylation sites is 1. The fourth-order valence-electron chi connectivity index (χ4n) is 2.84. The van der Waals surface area contributed by atoms with Gasteiger partial charge in [0.2, 0.25) is 5.91 Å². The van der Waals surface area contributed by atoms with Crippen molar-refractivity contribution >= 4 is 29.2 Å². The lowest BCUT2D eigenvalue weighted by molar-refractivity contribution is -0.145. The Balaban J connectivity index is 0.00000176. The Morgan fingerprint density at radius 3 is 2.44 bits per heavy atom. The number of aromatic nitrogens is 1. The van der Waals surface area contributed by atoms with Crippen LogP contribution in [0.1, 0.15) is 30.7 Å². The van der Waals surface area contributed by atoms with Crippen molar-refractivity contribution in [2.75, 3.05) is 29.1 Å². The standard InChI is InChI=1S/C18H12F6N4OS.C2H6/c19-17(20,21)11-7-14(18(22,23)24)27-16(10(11)8-25)26-9-15(29)28-5-6-30-13-4-2-1-3-12(13)28;1-2/h1-4,7H,5-6,9H2,(H,26,27);1-2H3. The molecule has 0 aliphatic carbocycles. The largest absolute Gasteiger partial charge is 0.433 e. The number of nitriles is 1. The molecule has 0 unspecified atom stereocenters. The number of benzene rings is 1. The lowest BCUT2D eigenvalue weighted by Gasteiger charge is -2.29. The Bertz CT molecular complexity index is 1020. The smallest absolute Gasteiger partial charge is 0.360 e. The van der Waals surface area contributed by atoms with Gasteiger partial charge in [-0.05, 0) is 18.2 Å². The molecule has 1 aliphatic rings. The zero-order valence-electron chi connectivity index (χ0n) is 16.9. The van der Waals surface area contributed by atoms with Gasteiger partial charge in [0.1, 0.15) is 23.1 Å². The molecule has 1 aromatic carbocycles. The van der Waals surface area contributed by atoms with Crippen molar-refractivity contribution in [1.82, 2.24) is 4.98 Å². The monoisotopic (exact) mass is 476 g/mol. The molecule has 1 amide bonds. The molecule has 0 radical (unpaired) electrons. The molecular weight excluding hydrogens is 458 g/mol. The fraction of sp³-hybridized carbons (Fsp3) is 0.350. The first-order valence-electron chi connectivity index (χ1n) is 9.38. The molecule has 0 fully saturated rings. The Morgan fingerprint density at radius 2 is 1.84 bits per heavy atom. The van der Waals surface area contributed by atoms with Gasteiger partial charge in [-0.1, -0.05) is 26.0 Å². The number of rotatable bonds is 3. The first-order valence-corrected chi connectivity index (χ1v) is 10.4. The zero-order valence-corrected chi connectivity index (χ0v) is 17.8. The number of carbonyl (C=O) groups is 1. The van der Waals surface area contributed by atoms with Crippen molar-refractivity contribution < 1.29 is 31.1 Å². The number of halogens is 6. The molecule has 0 atom stereocenters. The minimum atomic E-state index is -5.21. The van der Waals surface area contributed by atoms with E-state index in [4.69, 9.17) is 5.26 Å². The van der Waals surface area contributed by atoms with E-state index in [9.17, 15) is 31.1 Å². The summed E-state index contributed by atoms with van der Waals surface area (Å²) >= 11 is 1.52. The van der Waals surface area contributed by atoms with Gasteiger partial charge in [0.05, 0.1) is 17.8 Å². The predicted octanol–water partition coefficient (Wildman–Crippen LogP) is 5.57. The highest BCUT2D eigenvalue weighted by Gasteiger charge is 2.41. The third-order valence-corrected chi connectivity index (χ3v) is 5.21. The van der Waals surface area contributed by atoms with Gasteiger partial charge in [0.25, 0.3) is 0 Å². The van der Waals surface area contributed by atoms with Crippen molar-refractivity contribution in [2.45, 2.75) is 31.1 Å². The summed E-state index contributed by atoms with van der Waals surface area (Å²) in [7, 11) is 0. The quantitative estimate of drug-likeness (QED) is 0.587. The number of pyridine rings is 1. The Kier molecular flexibility index (Phi) is 8.01. The number of anilines is 2. The molecule has 1 aromatic heterocycles. The number of nitrogens with one attached hydrogen (secondary N) is 1. The van der Waals surface area contributed by atoms with Crippen LogP contribution in [0.5, 0.6) is 0 Å². The van der Waals surface area contributed by atoms with Crippen LogP contribution in [0.25, 0.3) is 0 Å². The van der Waals surface area contributed by atoms with Crippen LogP contribution >= 0.6 is 11.8 Å². The average Bonchev–Trinajstić information content (AvgIpc) is 2.76. The number of amides is 1. The molecule has 0 spiro atoms. The van der Waals surface area contributed by atoms with Crippen molar-refractivity contribution in [3.8, 4) is 6.07 Å². The first kappa shape index (κ1) is 25.3. The Hall–Kier alpha value is -2.94. The highest BCUT2D eigenvalue weighted by molar-refractivity contribution is 7.99. The lowest BCUT2D eigenvalue weighted by atomic mass is 10.1. The summed E-state index contributed by atoms with van der Waals surface area (Å²) in [5.41, 5.74) is -4.11. The molecule has 1 N–H and O–H groups in total. The minimum Gasteiger partial charge on any atom is -0.360 e. The molecule has 5 nitrogen and oxygen atoms in total. The van der Waals surface area contributed by atoms with E-state index in [2.05, 4.69) is 10.3 Å². The summed E-state index contributed by atoms with van der Waals surface area (Å²) in [4.78, 5) is 17.9. The molecule has 2 heterocycles. The van der Waals surface area contributed by atoms with E-state index in [0.29, 0.717) is 18.0 Å². The second-order valence-corrected chi connectivity index (χ2v) is 7.24. The van der Waals surface area contributed by atoms with E-state index in [1.807, 2.05) is 13.8 Å². The molecule has 1 aliphatic heterocycles. The number of hydrogen-bond donors (Lipinski definition) is 1. The van der Waals surface area contributed by atoms with Gasteiger partial charge in [0, 0.05) is 17.2 Å². The maximum absolute atomic E-state index is 13.2. The Labute approximate surface area is 184 Å². The van der Waals surface area contributed by atoms with Gasteiger partial charge < -0.3 is 10.2 Å². The number of hydrogen-bond acceptors (Lipinski definition) is 5. The number of nitrogens with zero attached hydrogens (tertiary/aromatic N) is 3. The lowest BCUT2D eigenvalue weighted by Crippen LogP contribution is -2.39. The summed E-state index contributed by atoms with van der Waals surface area (Å²) in [5, 5.41) is 11.3. The predicted molar refractivity (Wildman–Crippen MR) is 108 cm³/mol. The van der Waals surface area contributed by atoms with E-state index in [1.54, 1.807) is 24.3 Å². The van der Waals surface area contributed by atoms with Crippen molar-refractivity contribution in [1.29, 1.82) is 5.26 Å². The molecule has 12 heteroatoms. The molecule has 0 bridgehead atoms. The van der Waals surface area contributed by atoms with Crippen LogP contribution in [0.3, 0.4) is 0 Å². The van der Waals surface area contributed by atoms with Gasteiger partial charge in [0.15, 0.2) is 0 Å². The van der Waals surface area contributed by atoms with Crippen LogP contribution < -0.4 is 10.2 Å². The average molecular weight is 476 g/mol. The third-order valence-electron chi connectivity index (χ3n) is 4.16. The maximum Gasteiger partial charge on any atom is 0.433 e. The maximum atomic E-state index is 13.2. The van der Waals surface area contributed by atoms with Crippen LogP contribution in [0.15, 0.2) is 35.2 Å². The van der Waals surface area contributed by atoms with Crippen LogP contribution in [-0.2, 0) is 17.1 Å². The second kappa shape index (κ2) is 10.1. The van der Waals surface area contributed by atoms with Crippen molar-refractivity contribution in [3.63, 3.8) is 0 Å². The molecule has 2 aromatic rings. The highest BCUT2D eigenvalue weighted by Crippen LogP contribution is 2.39. The van der Waals surface area contributed by atoms with E-state index in [-0.39, 0.29) is 6.07 Å². The first-order chi connectivity index (χ1) is 15.0. The highest BCUT2D eigenvalue weighted by atomic mass is 32.2. The topological polar surface area (TPSA) is 69.0 Å². The van der Waals surface area contributed by atoms with Gasteiger partial charge in [-0.3, -0.25) is 4.79 Å². The van der Waals surface area contributed by atoms with Crippen LogP contribution in [0, 0.1) is 11.3 Å². The number of alkyl halides is 6. The normalized spacial score (nSPS) is 13.4. The molecule has 32 heavy (non-hydrogen) atoms. The van der Waals surface area contributed by atoms with Crippen molar-refractivity contribution in [3.05, 3.63) is 47.2 Å². The molecule has 3 rings (SSSR count). The fourth-order valence-corrected chi connectivity index (χ4v) is 3.83. The summed E-state index contributed by atoms with van der Waals surface area (Å²) in [6, 6.07) is 7.98. The third kappa shape index (κ3) is 5.64. The van der Waals surface area contributed by atoms with Crippen molar-refractivity contribution in [2.24, 2.45) is 0 Å². The van der Waals surface area contributed by atoms with E-state index in [0.717, 1.165) is 4.90 Å². The Morgan fingerprint density at radius 1 is 1.19 bits per heavy atom. The molecule has 0 saturated heterocycles. The van der Waals surface area contributed by atoms with Gasteiger partial charge in [-0.2, -0.15) is 31.6 Å². The summed E-state index contributed by atoms with van der Waals surface area (Å²) in [6.45, 7) is 3.68. The van der Waals surface area contributed by atoms with E-state index < -0.39 is 47.4 Å². The number of thioether (sulfide) groups is 1. The van der Waals surface area contributed by atoms with Gasteiger partial charge in [-0.15, -0.1) is 11.8 Å². The summed E-state index contributed by atoms with van der Waals surface area (Å²) in [6.07, 6.45) is -10.4. The van der Waals surface area contributed by atoms with Gasteiger partial charge in [-0.25, -0.2) is 4.98 Å². The second-order valence-electron chi connectivity index (χ2n) is 6.10. The zero-order chi connectivity index (χ0) is 24.1. The summed E-state index contributed by atoms with van der Waals surface area (Å²) < 4.78 is 78.6. The number of carbonyl (C=O) groups excluding carboxylic acids is 1. The minimum absolute atomic E-state index is 0.219. The SMILES string of the molecule is CC.N#Cc1c(C(F)(F)F)cc(C(F)(F)F)nc1NCC(=O)N1CCSc2ccccc21. The molecular formula is C20H18F6N4OS. The van der Waals surface area contributed by atoms with Crippen LogP contribution in [-0.4, -0.2) is 29.7 Å². The molecule has 0 saturated carbocycles. The van der Waals surface area contributed by atoms with Gasteiger partial charge >= 0.3 is 12.4 Å². The summed E-state index contributed by atoms with van der Waals surface area (Å²) in [5.74, 6) is -0.959. The van der Waals surface area contributed by atoms with Crippen LogP contribution in [0.2, 0.25) is 0 Å². The van der Waals surface area contributed by atoms with E-state index in [1.165, 1.54) is 22.7 Å². The van der Waals surface area contributed by atoms with Crippen LogP contribution in [0.4, 0.5) is 37.8 Å².